The third kappa shape index (κ3) is 7.25. The van der Waals surface area contributed by atoms with Gasteiger partial charge < -0.3 is 30.1 Å². The van der Waals surface area contributed by atoms with E-state index in [1.807, 2.05) is 42.5 Å². The summed E-state index contributed by atoms with van der Waals surface area (Å²) < 4.78 is 5.85. The zero-order valence-corrected chi connectivity index (χ0v) is 19.4. The molecule has 1 atom stereocenters. The van der Waals surface area contributed by atoms with Crippen molar-refractivity contribution in [3.8, 4) is 22.9 Å². The number of β-amino-alcohol motifs (C(OH)–C–C–N with tert-alkyl or cyclic N) is 1. The Balaban J connectivity index is 0.00000108. The van der Waals surface area contributed by atoms with Gasteiger partial charge in [0.05, 0.1) is 23.8 Å². The van der Waals surface area contributed by atoms with Gasteiger partial charge in [-0.2, -0.15) is 5.26 Å². The van der Waals surface area contributed by atoms with Gasteiger partial charge in [-0.1, -0.05) is 30.3 Å². The number of carboxylic acid groups (broad SMARTS) is 1. The number of likely N-dealkylation sites (tertiary alicyclic amines) is 1. The van der Waals surface area contributed by atoms with E-state index >= 15 is 0 Å². The molecule has 0 spiro atoms. The molecule has 0 bridgehead atoms. The van der Waals surface area contributed by atoms with Gasteiger partial charge in [-0.25, -0.2) is 0 Å². The van der Waals surface area contributed by atoms with E-state index in [9.17, 15) is 15.3 Å². The predicted molar refractivity (Wildman–Crippen MR) is 132 cm³/mol. The molecule has 35 heavy (non-hydrogen) atoms. The van der Waals surface area contributed by atoms with E-state index in [1.54, 1.807) is 0 Å². The van der Waals surface area contributed by atoms with Crippen LogP contribution in [-0.2, 0) is 4.79 Å². The average molecular weight is 479 g/mol. The van der Waals surface area contributed by atoms with Crippen LogP contribution >= 0.6 is 0 Å². The molecule has 8 nitrogen and oxygen atoms in total. The largest absolute Gasteiger partial charge is 0.491 e. The zero-order valence-electron chi connectivity index (χ0n) is 19.4. The summed E-state index contributed by atoms with van der Waals surface area (Å²) in [7, 11) is 0. The molecule has 4 rings (SSSR count). The molecule has 3 aromatic carbocycles. The number of aliphatic hydroxyl groups excluding tert-OH is 2. The summed E-state index contributed by atoms with van der Waals surface area (Å²) in [6, 6.07) is 21.7. The van der Waals surface area contributed by atoms with Crippen LogP contribution in [0.5, 0.6) is 5.75 Å². The number of ether oxygens (including phenoxy) is 1. The summed E-state index contributed by atoms with van der Waals surface area (Å²) in [4.78, 5) is 10.4. The molecule has 184 valence electrons. The number of hydrogen-bond donors (Lipinski definition) is 4. The van der Waals surface area contributed by atoms with E-state index in [0.717, 1.165) is 21.9 Å². The van der Waals surface area contributed by atoms with Crippen molar-refractivity contribution in [1.29, 1.82) is 5.26 Å². The van der Waals surface area contributed by atoms with Gasteiger partial charge in [0.15, 0.2) is 0 Å². The van der Waals surface area contributed by atoms with Crippen LogP contribution in [0.3, 0.4) is 0 Å². The van der Waals surface area contributed by atoms with Crippen LogP contribution in [0, 0.1) is 11.3 Å². The molecule has 1 unspecified atom stereocenters. The van der Waals surface area contributed by atoms with Crippen LogP contribution in [0.15, 0.2) is 60.7 Å². The maximum Gasteiger partial charge on any atom is 0.290 e. The van der Waals surface area contributed by atoms with Crippen molar-refractivity contribution in [3.63, 3.8) is 0 Å². The van der Waals surface area contributed by atoms with Crippen LogP contribution in [0.4, 0.5) is 0 Å². The summed E-state index contributed by atoms with van der Waals surface area (Å²) in [5.41, 5.74) is 1.76. The van der Waals surface area contributed by atoms with Crippen LogP contribution in [0.2, 0.25) is 0 Å². The number of carbonyl (C=O) groups is 1. The second-order valence-corrected chi connectivity index (χ2v) is 8.67. The van der Waals surface area contributed by atoms with Gasteiger partial charge in [0.25, 0.3) is 6.47 Å². The van der Waals surface area contributed by atoms with Gasteiger partial charge >= 0.3 is 0 Å². The molecule has 0 radical (unpaired) electrons. The number of rotatable bonds is 7. The van der Waals surface area contributed by atoms with Crippen molar-refractivity contribution < 1.29 is 30.0 Å². The molecular weight excluding hydrogens is 448 g/mol. The summed E-state index contributed by atoms with van der Waals surface area (Å²) >= 11 is 0. The molecule has 0 saturated carbocycles. The number of benzene rings is 3. The lowest BCUT2D eigenvalue weighted by atomic mass is 9.92. The van der Waals surface area contributed by atoms with E-state index in [2.05, 4.69) is 29.2 Å². The van der Waals surface area contributed by atoms with Gasteiger partial charge in [-0.15, -0.1) is 0 Å². The highest BCUT2D eigenvalue weighted by atomic mass is 16.5. The van der Waals surface area contributed by atoms with Crippen molar-refractivity contribution in [2.24, 2.45) is 0 Å². The molecular formula is C27H30N2O6. The first-order valence-electron chi connectivity index (χ1n) is 11.4. The molecule has 1 aliphatic rings. The van der Waals surface area contributed by atoms with Gasteiger partial charge in [0.2, 0.25) is 0 Å². The number of nitrogens with zero attached hydrogens (tertiary/aromatic N) is 2. The highest BCUT2D eigenvalue weighted by molar-refractivity contribution is 5.88. The first-order valence-corrected chi connectivity index (χ1v) is 11.4. The first-order chi connectivity index (χ1) is 16.9. The van der Waals surface area contributed by atoms with Crippen LogP contribution in [0.25, 0.3) is 21.9 Å². The maximum absolute atomic E-state index is 10.4. The summed E-state index contributed by atoms with van der Waals surface area (Å²) in [6.07, 6.45) is 0.364. The Morgan fingerprint density at radius 2 is 1.66 bits per heavy atom. The number of piperidine rings is 1. The fourth-order valence-electron chi connectivity index (χ4n) is 4.08. The molecule has 1 fully saturated rings. The standard InChI is InChI=1S/C26H28N2O4.CH2O2/c27-15-19-1-3-20(4-2-19)22-6-5-21-7-8-25(14-23(21)13-22)32-17-24(30)16-28-11-9-26(31,18-29)10-12-28;2-1-3/h1-8,13-14,24,29-31H,9-12,16-18H2;1H,(H,2,3). The second kappa shape index (κ2) is 12.3. The summed E-state index contributed by atoms with van der Waals surface area (Å²) in [6.45, 7) is 1.46. The van der Waals surface area contributed by atoms with Crippen LogP contribution in [0.1, 0.15) is 18.4 Å². The zero-order chi connectivity index (χ0) is 25.3. The van der Waals surface area contributed by atoms with Gasteiger partial charge in [0.1, 0.15) is 18.5 Å². The molecule has 3 aromatic rings. The average Bonchev–Trinajstić information content (AvgIpc) is 2.89. The van der Waals surface area contributed by atoms with Crippen molar-refractivity contribution in [3.05, 3.63) is 66.2 Å². The Hall–Kier alpha value is -3.48. The fraction of sp³-hybridized carbons (Fsp3) is 0.333. The van der Waals surface area contributed by atoms with Crippen LogP contribution < -0.4 is 4.74 Å². The molecule has 8 heteroatoms. The minimum Gasteiger partial charge on any atom is -0.491 e. The molecule has 1 aliphatic heterocycles. The topological polar surface area (TPSA) is 134 Å². The molecule has 0 aromatic heterocycles. The van der Waals surface area contributed by atoms with E-state index in [4.69, 9.17) is 19.9 Å². The Bertz CT molecular complexity index is 1150. The van der Waals surface area contributed by atoms with Crippen molar-refractivity contribution in [2.75, 3.05) is 32.8 Å². The highest BCUT2D eigenvalue weighted by Crippen LogP contribution is 2.28. The van der Waals surface area contributed by atoms with E-state index in [0.29, 0.717) is 43.8 Å². The second-order valence-electron chi connectivity index (χ2n) is 8.67. The van der Waals surface area contributed by atoms with E-state index < -0.39 is 11.7 Å². The maximum atomic E-state index is 10.4. The quantitative estimate of drug-likeness (QED) is 0.381. The van der Waals surface area contributed by atoms with Crippen molar-refractivity contribution in [2.45, 2.75) is 24.5 Å². The normalized spacial score (nSPS) is 15.9. The molecule has 1 heterocycles. The minimum atomic E-state index is -0.986. The SMILES string of the molecule is N#Cc1ccc(-c2ccc3ccc(OCC(O)CN4CCC(O)(CO)CC4)cc3c2)cc1.O=CO. The Labute approximate surface area is 204 Å². The Morgan fingerprint density at radius 1 is 1.03 bits per heavy atom. The number of hydrogen-bond acceptors (Lipinski definition) is 7. The summed E-state index contributed by atoms with van der Waals surface area (Å²) in [5.74, 6) is 0.696. The highest BCUT2D eigenvalue weighted by Gasteiger charge is 2.32. The lowest BCUT2D eigenvalue weighted by Crippen LogP contribution is -2.48. The van der Waals surface area contributed by atoms with Crippen molar-refractivity contribution >= 4 is 17.2 Å². The first kappa shape index (κ1) is 26.1. The van der Waals surface area contributed by atoms with E-state index in [-0.39, 0.29) is 19.7 Å². The third-order valence-corrected chi connectivity index (χ3v) is 6.15. The fourth-order valence-corrected chi connectivity index (χ4v) is 4.08. The van der Waals surface area contributed by atoms with E-state index in [1.165, 1.54) is 0 Å². The monoisotopic (exact) mass is 478 g/mol. The third-order valence-electron chi connectivity index (χ3n) is 6.15. The Morgan fingerprint density at radius 3 is 2.29 bits per heavy atom. The molecule has 0 amide bonds. The minimum absolute atomic E-state index is 0.182. The molecule has 0 aliphatic carbocycles. The Kier molecular flexibility index (Phi) is 9.18. The lowest BCUT2D eigenvalue weighted by Gasteiger charge is -2.37. The number of fused-ring (bicyclic) bond motifs is 1. The smallest absolute Gasteiger partial charge is 0.290 e. The van der Waals surface area contributed by atoms with Crippen molar-refractivity contribution in [1.82, 2.24) is 4.90 Å². The molecule has 4 N–H and O–H groups in total. The van der Waals surface area contributed by atoms with Gasteiger partial charge in [0, 0.05) is 19.6 Å². The number of aliphatic hydroxyl groups is 3. The predicted octanol–water partition coefficient (Wildman–Crippen LogP) is 2.64. The lowest BCUT2D eigenvalue weighted by molar-refractivity contribution is -0.122. The summed E-state index contributed by atoms with van der Waals surface area (Å²) in [5, 5.41) is 47.8. The number of nitriles is 1. The van der Waals surface area contributed by atoms with Crippen LogP contribution in [-0.4, -0.2) is 76.4 Å². The molecule has 1 saturated heterocycles. The van der Waals surface area contributed by atoms with Gasteiger partial charge in [-0.05, 0) is 65.1 Å². The van der Waals surface area contributed by atoms with Gasteiger partial charge in [-0.3, -0.25) is 4.79 Å².